The predicted octanol–water partition coefficient (Wildman–Crippen LogP) is 3.51. The van der Waals surface area contributed by atoms with Crippen molar-refractivity contribution in [2.45, 2.75) is 25.8 Å². The fourth-order valence-corrected chi connectivity index (χ4v) is 5.73. The lowest BCUT2D eigenvalue weighted by atomic mass is 9.97. The number of fused-ring (bicyclic) bond motifs is 1. The molecule has 0 aliphatic carbocycles. The van der Waals surface area contributed by atoms with Gasteiger partial charge < -0.3 is 19.3 Å². The number of hydrogen-bond donors (Lipinski definition) is 1. The Kier molecular flexibility index (Phi) is 5.91. The minimum atomic E-state index is -1.38. The second kappa shape index (κ2) is 9.34. The number of rotatable bonds is 4. The molecule has 40 heavy (non-hydrogen) atoms. The van der Waals surface area contributed by atoms with Gasteiger partial charge in [-0.05, 0) is 38.0 Å². The molecule has 6 rings (SSSR count). The minimum Gasteiger partial charge on any atom is -0.487 e. The van der Waals surface area contributed by atoms with E-state index < -0.39 is 34.6 Å². The average molecular weight is 543 g/mol. The zero-order valence-corrected chi connectivity index (χ0v) is 21.4. The number of benzene rings is 2. The number of pyridine rings is 1. The monoisotopic (exact) mass is 542 g/mol. The molecule has 4 heterocycles. The Balaban J connectivity index is 1.31. The molecule has 1 atom stereocenters. The number of nitrogens with zero attached hydrogens (tertiary/aromatic N) is 4. The lowest BCUT2D eigenvalue weighted by Crippen LogP contribution is -2.35. The molecule has 10 nitrogen and oxygen atoms in total. The van der Waals surface area contributed by atoms with Crippen molar-refractivity contribution in [3.63, 3.8) is 0 Å². The van der Waals surface area contributed by atoms with Crippen LogP contribution in [0.5, 0.6) is 5.75 Å². The van der Waals surface area contributed by atoms with Gasteiger partial charge in [-0.25, -0.2) is 9.18 Å². The molecule has 11 heteroatoms. The molecule has 1 saturated heterocycles. The molecule has 0 unspecified atom stereocenters. The van der Waals surface area contributed by atoms with Crippen LogP contribution in [0.25, 0.3) is 10.9 Å². The summed E-state index contributed by atoms with van der Waals surface area (Å²) in [6, 6.07) is 9.48. The molecule has 1 fully saturated rings. The van der Waals surface area contributed by atoms with Gasteiger partial charge in [0.15, 0.2) is 11.6 Å². The fourth-order valence-electron chi connectivity index (χ4n) is 5.73. The van der Waals surface area contributed by atoms with E-state index in [0.29, 0.717) is 48.1 Å². The van der Waals surface area contributed by atoms with Crippen molar-refractivity contribution in [2.24, 2.45) is 0 Å². The van der Waals surface area contributed by atoms with Gasteiger partial charge in [0.2, 0.25) is 5.43 Å². The highest BCUT2D eigenvalue weighted by Crippen LogP contribution is 2.43. The second-order valence-corrected chi connectivity index (χ2v) is 10.1. The molecule has 0 bridgehead atoms. The number of carboxylic acids is 1. The Morgan fingerprint density at radius 3 is 2.40 bits per heavy atom. The highest BCUT2D eigenvalue weighted by atomic mass is 19.1. The Hall–Kier alpha value is -4.98. The lowest BCUT2D eigenvalue weighted by molar-refractivity contribution is 0.0663. The van der Waals surface area contributed by atoms with Crippen molar-refractivity contribution in [2.75, 3.05) is 31.1 Å². The van der Waals surface area contributed by atoms with Crippen LogP contribution in [0, 0.1) is 17.1 Å². The molecule has 0 radical (unpaired) electrons. The zero-order chi connectivity index (χ0) is 28.3. The highest BCUT2D eigenvalue weighted by molar-refractivity contribution is 6.21. The Labute approximate surface area is 227 Å². The van der Waals surface area contributed by atoms with Gasteiger partial charge in [-0.15, -0.1) is 0 Å². The summed E-state index contributed by atoms with van der Waals surface area (Å²) in [5.74, 6) is -2.78. The standard InChI is InChI=1S/C29H23FN4O6/c1-15-14-40-26-23-20(25(35)21(29(38)39)13-33(15)23)10-22(30)24(26)32-8-6-16(7-9-32)17(11-31)12-34-27(36)18-4-2-3-5-19(18)28(34)37/h2-5,10,13,15H,6-9,12,14H2,1H3,(H,38,39)/t15-/m0/s1. The fraction of sp³-hybridized carbons (Fsp3) is 0.276. The van der Waals surface area contributed by atoms with Crippen molar-refractivity contribution in [3.8, 4) is 11.8 Å². The predicted molar refractivity (Wildman–Crippen MR) is 141 cm³/mol. The molecule has 3 aromatic rings. The molecule has 1 aromatic heterocycles. The molecule has 202 valence electrons. The van der Waals surface area contributed by atoms with Crippen LogP contribution in [0.1, 0.15) is 56.9 Å². The summed E-state index contributed by atoms with van der Waals surface area (Å²) in [5.41, 5.74) is 1.04. The van der Waals surface area contributed by atoms with E-state index in [1.165, 1.54) is 6.20 Å². The average Bonchev–Trinajstić information content (AvgIpc) is 3.19. The van der Waals surface area contributed by atoms with E-state index >= 15 is 4.39 Å². The van der Waals surface area contributed by atoms with E-state index in [-0.39, 0.29) is 36.0 Å². The topological polar surface area (TPSA) is 133 Å². The van der Waals surface area contributed by atoms with Gasteiger partial charge in [0.1, 0.15) is 17.9 Å². The molecule has 0 spiro atoms. The summed E-state index contributed by atoms with van der Waals surface area (Å²) in [6.07, 6.45) is 2.06. The smallest absolute Gasteiger partial charge is 0.341 e. The van der Waals surface area contributed by atoms with Gasteiger partial charge in [0.25, 0.3) is 11.8 Å². The normalized spacial score (nSPS) is 18.0. The van der Waals surface area contributed by atoms with Crippen LogP contribution in [0.15, 0.2) is 52.5 Å². The SMILES string of the molecule is C[C@H]1COc2c(N3CCC(=C(C#N)CN4C(=O)c5ccccc5C4=O)CC3)c(F)cc3c(=O)c(C(=O)O)cn1c23. The molecule has 1 N–H and O–H groups in total. The van der Waals surface area contributed by atoms with E-state index in [2.05, 4.69) is 6.07 Å². The summed E-state index contributed by atoms with van der Waals surface area (Å²) < 4.78 is 23.1. The first-order chi connectivity index (χ1) is 19.2. The molecule has 0 saturated carbocycles. The Morgan fingerprint density at radius 1 is 1.15 bits per heavy atom. The van der Waals surface area contributed by atoms with Crippen LogP contribution >= 0.6 is 0 Å². The third kappa shape index (κ3) is 3.75. The molecule has 2 aromatic carbocycles. The third-order valence-electron chi connectivity index (χ3n) is 7.81. The van der Waals surface area contributed by atoms with E-state index in [4.69, 9.17) is 4.74 Å². The van der Waals surface area contributed by atoms with E-state index in [1.807, 2.05) is 6.92 Å². The van der Waals surface area contributed by atoms with Gasteiger partial charge in [-0.1, -0.05) is 17.7 Å². The summed E-state index contributed by atoms with van der Waals surface area (Å²) in [6.45, 7) is 2.51. The van der Waals surface area contributed by atoms with E-state index in [0.717, 1.165) is 16.5 Å². The van der Waals surface area contributed by atoms with Crippen molar-refractivity contribution in [1.82, 2.24) is 9.47 Å². The molecular weight excluding hydrogens is 519 g/mol. The molecule has 3 aliphatic rings. The summed E-state index contributed by atoms with van der Waals surface area (Å²) >= 11 is 0. The summed E-state index contributed by atoms with van der Waals surface area (Å²) in [7, 11) is 0. The van der Waals surface area contributed by atoms with Gasteiger partial charge >= 0.3 is 5.97 Å². The van der Waals surface area contributed by atoms with Crippen LogP contribution in [-0.4, -0.2) is 58.6 Å². The number of nitriles is 1. The number of imide groups is 1. The minimum absolute atomic E-state index is 0.0620. The van der Waals surface area contributed by atoms with Crippen LogP contribution in [0.4, 0.5) is 10.1 Å². The van der Waals surface area contributed by atoms with Crippen molar-refractivity contribution in [3.05, 3.63) is 80.4 Å². The maximum atomic E-state index is 15.6. The van der Waals surface area contributed by atoms with Gasteiger partial charge in [0, 0.05) is 24.9 Å². The first-order valence-corrected chi connectivity index (χ1v) is 12.8. The maximum Gasteiger partial charge on any atom is 0.341 e. The lowest BCUT2D eigenvalue weighted by Gasteiger charge is -2.35. The molecular formula is C29H23FN4O6. The van der Waals surface area contributed by atoms with E-state index in [9.17, 15) is 29.5 Å². The second-order valence-electron chi connectivity index (χ2n) is 10.1. The number of hydrogen-bond acceptors (Lipinski definition) is 7. The van der Waals surface area contributed by atoms with Crippen molar-refractivity contribution in [1.29, 1.82) is 5.26 Å². The number of halogens is 1. The van der Waals surface area contributed by atoms with Crippen LogP contribution < -0.4 is 15.1 Å². The van der Waals surface area contributed by atoms with Gasteiger partial charge in [0.05, 0.1) is 40.7 Å². The summed E-state index contributed by atoms with van der Waals surface area (Å²) in [4.78, 5) is 52.9. The van der Waals surface area contributed by atoms with Crippen LogP contribution in [0.3, 0.4) is 0 Å². The first-order valence-electron chi connectivity index (χ1n) is 12.8. The van der Waals surface area contributed by atoms with Gasteiger partial charge in [-0.2, -0.15) is 5.26 Å². The number of anilines is 1. The molecule has 3 aliphatic heterocycles. The quantitative estimate of drug-likeness (QED) is 0.391. The number of carbonyl (C=O) groups is 3. The van der Waals surface area contributed by atoms with Gasteiger partial charge in [-0.3, -0.25) is 19.3 Å². The number of piperidine rings is 1. The number of ether oxygens (including phenoxy) is 1. The van der Waals surface area contributed by atoms with Crippen molar-refractivity contribution < 1.29 is 28.6 Å². The number of amides is 2. The summed E-state index contributed by atoms with van der Waals surface area (Å²) in [5, 5.41) is 19.3. The number of carboxylic acid groups (broad SMARTS) is 1. The van der Waals surface area contributed by atoms with Crippen molar-refractivity contribution >= 4 is 34.4 Å². The number of aromatic nitrogens is 1. The Morgan fingerprint density at radius 2 is 1.80 bits per heavy atom. The molecule has 2 amide bonds. The maximum absolute atomic E-state index is 15.6. The van der Waals surface area contributed by atoms with Crippen LogP contribution in [-0.2, 0) is 0 Å². The van der Waals surface area contributed by atoms with E-state index in [1.54, 1.807) is 33.7 Å². The zero-order valence-electron chi connectivity index (χ0n) is 21.4. The number of aromatic carboxylic acids is 1. The number of carbonyl (C=O) groups excluding carboxylic acids is 2. The highest BCUT2D eigenvalue weighted by Gasteiger charge is 2.36. The third-order valence-corrected chi connectivity index (χ3v) is 7.81. The largest absolute Gasteiger partial charge is 0.487 e. The van der Waals surface area contributed by atoms with Crippen LogP contribution in [0.2, 0.25) is 0 Å². The first kappa shape index (κ1) is 25.3. The Bertz CT molecular complexity index is 1740.